The van der Waals surface area contributed by atoms with Gasteiger partial charge in [-0.05, 0) is 25.0 Å². The first-order valence-corrected chi connectivity index (χ1v) is 8.27. The summed E-state index contributed by atoms with van der Waals surface area (Å²) in [6.07, 6.45) is 3.22. The Bertz CT molecular complexity index is 794. The van der Waals surface area contributed by atoms with Gasteiger partial charge in [-0.25, -0.2) is 9.59 Å². The number of para-hydroxylation sites is 1. The summed E-state index contributed by atoms with van der Waals surface area (Å²) in [5.74, 6) is -1.66. The van der Waals surface area contributed by atoms with Gasteiger partial charge in [0.2, 0.25) is 5.75 Å². The second-order valence-electron chi connectivity index (χ2n) is 5.67. The third-order valence-corrected chi connectivity index (χ3v) is 3.80. The number of carboxylic acid groups (broad SMARTS) is 1. The smallest absolute Gasteiger partial charge is 0.383 e. The van der Waals surface area contributed by atoms with Gasteiger partial charge in [0.05, 0.1) is 11.5 Å². The fourth-order valence-electron chi connectivity index (χ4n) is 2.47. The largest absolute Gasteiger partial charge is 0.504 e. The second kappa shape index (κ2) is 8.41. The fourth-order valence-corrected chi connectivity index (χ4v) is 2.47. The number of benzene rings is 1. The minimum absolute atomic E-state index is 0.0137. The standard InChI is InChI=1S/C18H22O7/c1-3-5-7-11(4-2)24-17-15(21)12-8-6-9-13(23-10-14(19)20)16(12)25-18(17)22/h6,8-9,11,21H,3-5,7,10H2,1-2H3,(H,19,20). The molecule has 0 saturated carbocycles. The van der Waals surface area contributed by atoms with Crippen molar-refractivity contribution in [2.24, 2.45) is 0 Å². The van der Waals surface area contributed by atoms with E-state index in [1.54, 1.807) is 12.1 Å². The summed E-state index contributed by atoms with van der Waals surface area (Å²) in [4.78, 5) is 22.9. The van der Waals surface area contributed by atoms with E-state index in [9.17, 15) is 14.7 Å². The van der Waals surface area contributed by atoms with Crippen LogP contribution < -0.4 is 15.1 Å². The Kier molecular flexibility index (Phi) is 6.27. The quantitative estimate of drug-likeness (QED) is 0.668. The van der Waals surface area contributed by atoms with Gasteiger partial charge in [0.25, 0.3) is 0 Å². The molecule has 1 aromatic carbocycles. The molecule has 0 spiro atoms. The molecule has 0 amide bonds. The Balaban J connectivity index is 2.41. The molecule has 7 heteroatoms. The lowest BCUT2D eigenvalue weighted by atomic mass is 10.1. The highest BCUT2D eigenvalue weighted by Crippen LogP contribution is 2.36. The van der Waals surface area contributed by atoms with Crippen LogP contribution in [0.25, 0.3) is 11.0 Å². The third-order valence-electron chi connectivity index (χ3n) is 3.80. The second-order valence-corrected chi connectivity index (χ2v) is 5.67. The number of hydrogen-bond acceptors (Lipinski definition) is 6. The monoisotopic (exact) mass is 350 g/mol. The predicted molar refractivity (Wildman–Crippen MR) is 91.5 cm³/mol. The van der Waals surface area contributed by atoms with Crippen molar-refractivity contribution in [3.05, 3.63) is 28.6 Å². The van der Waals surface area contributed by atoms with E-state index in [0.29, 0.717) is 6.42 Å². The molecule has 1 atom stereocenters. The normalized spacial score (nSPS) is 12.1. The van der Waals surface area contributed by atoms with E-state index in [2.05, 4.69) is 6.92 Å². The molecule has 2 aromatic rings. The van der Waals surface area contributed by atoms with E-state index in [4.69, 9.17) is 19.0 Å². The molecule has 0 radical (unpaired) electrons. The van der Waals surface area contributed by atoms with Gasteiger partial charge in [-0.3, -0.25) is 0 Å². The van der Waals surface area contributed by atoms with Gasteiger partial charge in [-0.2, -0.15) is 0 Å². The summed E-state index contributed by atoms with van der Waals surface area (Å²) in [5.41, 5.74) is -0.841. The van der Waals surface area contributed by atoms with Crippen molar-refractivity contribution in [1.29, 1.82) is 0 Å². The van der Waals surface area contributed by atoms with E-state index in [0.717, 1.165) is 19.3 Å². The molecular weight excluding hydrogens is 328 g/mol. The molecule has 0 bridgehead atoms. The minimum atomic E-state index is -1.16. The van der Waals surface area contributed by atoms with Crippen molar-refractivity contribution in [3.8, 4) is 17.2 Å². The van der Waals surface area contributed by atoms with Gasteiger partial charge in [0, 0.05) is 0 Å². The number of hydrogen-bond donors (Lipinski definition) is 2. The number of carbonyl (C=O) groups is 1. The van der Waals surface area contributed by atoms with Gasteiger partial charge in [-0.1, -0.05) is 32.8 Å². The maximum atomic E-state index is 12.2. The van der Waals surface area contributed by atoms with Crippen LogP contribution in [0.2, 0.25) is 0 Å². The average Bonchev–Trinajstić information content (AvgIpc) is 2.59. The van der Waals surface area contributed by atoms with Crippen molar-refractivity contribution in [1.82, 2.24) is 0 Å². The van der Waals surface area contributed by atoms with Gasteiger partial charge in [0.1, 0.15) is 0 Å². The average molecular weight is 350 g/mol. The fraction of sp³-hybridized carbons (Fsp3) is 0.444. The zero-order chi connectivity index (χ0) is 18.4. The molecule has 0 fully saturated rings. The molecule has 2 N–H and O–H groups in total. The molecule has 7 nitrogen and oxygen atoms in total. The summed E-state index contributed by atoms with van der Waals surface area (Å²) in [5, 5.41) is 19.4. The Morgan fingerprint density at radius 3 is 2.72 bits per heavy atom. The van der Waals surface area contributed by atoms with E-state index in [-0.39, 0.29) is 34.3 Å². The Morgan fingerprint density at radius 1 is 1.32 bits per heavy atom. The van der Waals surface area contributed by atoms with Crippen LogP contribution in [0.5, 0.6) is 17.2 Å². The highest BCUT2D eigenvalue weighted by molar-refractivity contribution is 5.89. The number of unbranched alkanes of at least 4 members (excludes halogenated alkanes) is 1. The number of aromatic hydroxyl groups is 1. The molecule has 1 unspecified atom stereocenters. The van der Waals surface area contributed by atoms with Crippen LogP contribution in [0.15, 0.2) is 27.4 Å². The van der Waals surface area contributed by atoms with Crippen LogP contribution in [0.1, 0.15) is 39.5 Å². The molecular formula is C18H22O7. The molecule has 0 aliphatic carbocycles. The molecule has 0 aliphatic heterocycles. The van der Waals surface area contributed by atoms with E-state index >= 15 is 0 Å². The maximum Gasteiger partial charge on any atom is 0.383 e. The SMILES string of the molecule is CCCCC(CC)Oc1c(O)c2cccc(OCC(=O)O)c2oc1=O. The first kappa shape index (κ1) is 18.6. The Labute approximate surface area is 144 Å². The molecule has 2 rings (SSSR count). The number of aliphatic carboxylic acids is 1. The predicted octanol–water partition coefficient (Wildman–Crippen LogP) is 3.31. The van der Waals surface area contributed by atoms with Crippen molar-refractivity contribution < 1.29 is 28.9 Å². The number of ether oxygens (including phenoxy) is 2. The van der Waals surface area contributed by atoms with Crippen molar-refractivity contribution >= 4 is 16.9 Å². The van der Waals surface area contributed by atoms with Gasteiger partial charge >= 0.3 is 11.6 Å². The van der Waals surface area contributed by atoms with Crippen LogP contribution in [0.4, 0.5) is 0 Å². The summed E-state index contributed by atoms with van der Waals surface area (Å²) in [6, 6.07) is 4.57. The zero-order valence-corrected chi connectivity index (χ0v) is 14.3. The van der Waals surface area contributed by atoms with Crippen LogP contribution in [0.3, 0.4) is 0 Å². The first-order valence-electron chi connectivity index (χ1n) is 8.27. The highest BCUT2D eigenvalue weighted by atomic mass is 16.5. The number of carboxylic acids is 1. The number of fused-ring (bicyclic) bond motifs is 1. The summed E-state index contributed by atoms with van der Waals surface area (Å²) < 4.78 is 16.0. The van der Waals surface area contributed by atoms with Gasteiger partial charge in [0.15, 0.2) is 23.7 Å². The summed E-state index contributed by atoms with van der Waals surface area (Å²) >= 11 is 0. The molecule has 0 aliphatic rings. The third kappa shape index (κ3) is 4.43. The first-order chi connectivity index (χ1) is 12.0. The van der Waals surface area contributed by atoms with E-state index in [1.807, 2.05) is 6.92 Å². The maximum absolute atomic E-state index is 12.2. The van der Waals surface area contributed by atoms with Crippen LogP contribution in [-0.2, 0) is 4.79 Å². The zero-order valence-electron chi connectivity index (χ0n) is 14.3. The molecule has 1 aromatic heterocycles. The summed E-state index contributed by atoms with van der Waals surface area (Å²) in [6.45, 7) is 3.42. The van der Waals surface area contributed by atoms with Crippen LogP contribution in [-0.4, -0.2) is 28.9 Å². The van der Waals surface area contributed by atoms with Crippen LogP contribution in [0, 0.1) is 0 Å². The lowest BCUT2D eigenvalue weighted by Crippen LogP contribution is -2.19. The van der Waals surface area contributed by atoms with Crippen molar-refractivity contribution in [2.45, 2.75) is 45.6 Å². The van der Waals surface area contributed by atoms with Crippen molar-refractivity contribution in [2.75, 3.05) is 6.61 Å². The Hall–Kier alpha value is -2.70. The highest BCUT2D eigenvalue weighted by Gasteiger charge is 2.21. The van der Waals surface area contributed by atoms with Gasteiger partial charge < -0.3 is 24.1 Å². The topological polar surface area (TPSA) is 106 Å². The van der Waals surface area contributed by atoms with Crippen molar-refractivity contribution in [3.63, 3.8) is 0 Å². The van der Waals surface area contributed by atoms with Gasteiger partial charge in [-0.15, -0.1) is 0 Å². The molecule has 1 heterocycles. The molecule has 0 saturated heterocycles. The number of rotatable bonds is 9. The van der Waals surface area contributed by atoms with E-state index in [1.165, 1.54) is 6.07 Å². The molecule has 136 valence electrons. The summed E-state index contributed by atoms with van der Waals surface area (Å²) in [7, 11) is 0. The molecule has 25 heavy (non-hydrogen) atoms. The lowest BCUT2D eigenvalue weighted by Gasteiger charge is -2.17. The van der Waals surface area contributed by atoms with Crippen LogP contribution >= 0.6 is 0 Å². The Morgan fingerprint density at radius 2 is 2.08 bits per heavy atom. The van der Waals surface area contributed by atoms with E-state index < -0.39 is 18.2 Å². The lowest BCUT2D eigenvalue weighted by molar-refractivity contribution is -0.139. The minimum Gasteiger partial charge on any atom is -0.504 e.